The quantitative estimate of drug-likeness (QED) is 0.356. The summed E-state index contributed by atoms with van der Waals surface area (Å²) in [5.74, 6) is 0.752. The van der Waals surface area contributed by atoms with Crippen molar-refractivity contribution >= 4 is 45.5 Å². The Morgan fingerprint density at radius 3 is 2.79 bits per heavy atom. The number of anilines is 2. The van der Waals surface area contributed by atoms with Crippen LogP contribution in [0.2, 0.25) is 0 Å². The molecular formula is C26H27N5O2S. The lowest BCUT2D eigenvalue weighted by Crippen LogP contribution is -2.39. The van der Waals surface area contributed by atoms with Crippen molar-refractivity contribution in [1.29, 1.82) is 0 Å². The highest BCUT2D eigenvalue weighted by Crippen LogP contribution is 2.31. The number of benzene rings is 1. The maximum atomic E-state index is 12.4. The molecule has 4 aromatic rings. The number of H-pyrrole nitrogens is 1. The summed E-state index contributed by atoms with van der Waals surface area (Å²) in [6, 6.07) is 12.5. The highest BCUT2D eigenvalue weighted by atomic mass is 32.1. The van der Waals surface area contributed by atoms with Crippen LogP contribution in [0.1, 0.15) is 32.9 Å². The summed E-state index contributed by atoms with van der Waals surface area (Å²) in [5.41, 5.74) is 5.76. The number of carbonyl (C=O) groups is 1. The van der Waals surface area contributed by atoms with E-state index in [2.05, 4.69) is 61.4 Å². The lowest BCUT2D eigenvalue weighted by atomic mass is 10.1. The molecule has 4 heterocycles. The molecule has 0 saturated carbocycles. The Labute approximate surface area is 202 Å². The van der Waals surface area contributed by atoms with Crippen molar-refractivity contribution in [3.05, 3.63) is 65.3 Å². The van der Waals surface area contributed by atoms with Gasteiger partial charge in [-0.3, -0.25) is 0 Å². The predicted octanol–water partition coefficient (Wildman–Crippen LogP) is 6.45. The first-order valence-electron chi connectivity index (χ1n) is 11.3. The molecule has 0 saturated heterocycles. The number of rotatable bonds is 4. The Kier molecular flexibility index (Phi) is 5.83. The standard InChI is InChI=1S/C26H27N5O2S/c1-26(2,3)33-25(32)31-10-7-17(8-11-31)22-14-21-23(27-16-28-24(21)30-22)29-20-6-4-5-18(13-20)19-9-12-34-15-19/h4-7,9,12-16H,8,10-11H2,1-3H3,(H2,27,28,29,30). The van der Waals surface area contributed by atoms with E-state index in [-0.39, 0.29) is 6.09 Å². The van der Waals surface area contributed by atoms with Crippen LogP contribution < -0.4 is 5.32 Å². The van der Waals surface area contributed by atoms with E-state index in [1.807, 2.05) is 32.9 Å². The molecule has 0 aliphatic carbocycles. The minimum Gasteiger partial charge on any atom is -0.444 e. The van der Waals surface area contributed by atoms with Gasteiger partial charge >= 0.3 is 6.09 Å². The third-order valence-corrected chi connectivity index (χ3v) is 6.30. The monoisotopic (exact) mass is 473 g/mol. The molecule has 0 fully saturated rings. The number of amides is 1. The third kappa shape index (κ3) is 4.82. The summed E-state index contributed by atoms with van der Waals surface area (Å²) < 4.78 is 5.49. The summed E-state index contributed by atoms with van der Waals surface area (Å²) in [6.45, 7) is 6.77. The minimum atomic E-state index is -0.496. The minimum absolute atomic E-state index is 0.276. The van der Waals surface area contributed by atoms with Gasteiger partial charge in [-0.15, -0.1) is 0 Å². The Bertz CT molecular complexity index is 1350. The summed E-state index contributed by atoms with van der Waals surface area (Å²) in [7, 11) is 0. The predicted molar refractivity (Wildman–Crippen MR) is 137 cm³/mol. The molecule has 0 unspecified atom stereocenters. The van der Waals surface area contributed by atoms with Crippen molar-refractivity contribution in [1.82, 2.24) is 19.9 Å². The summed E-state index contributed by atoms with van der Waals surface area (Å²) in [4.78, 5) is 26.4. The number of ether oxygens (including phenoxy) is 1. The molecule has 1 aliphatic rings. The second kappa shape index (κ2) is 8.95. The molecule has 3 aromatic heterocycles. The largest absolute Gasteiger partial charge is 0.444 e. The lowest BCUT2D eigenvalue weighted by molar-refractivity contribution is 0.0270. The van der Waals surface area contributed by atoms with Crippen LogP contribution in [0, 0.1) is 0 Å². The van der Waals surface area contributed by atoms with Crippen LogP contribution in [-0.2, 0) is 4.74 Å². The molecule has 0 spiro atoms. The summed E-state index contributed by atoms with van der Waals surface area (Å²) >= 11 is 1.69. The molecule has 7 nitrogen and oxygen atoms in total. The van der Waals surface area contributed by atoms with Gasteiger partial charge in [-0.2, -0.15) is 11.3 Å². The molecule has 1 amide bonds. The molecule has 174 valence electrons. The topological polar surface area (TPSA) is 83.1 Å². The SMILES string of the molecule is CC(C)(C)OC(=O)N1CC=C(c2cc3c(Nc4cccc(-c5ccsc5)c4)ncnc3[nH]2)CC1. The Balaban J connectivity index is 1.36. The second-order valence-corrected chi connectivity index (χ2v) is 10.1. The van der Waals surface area contributed by atoms with Gasteiger partial charge in [0.2, 0.25) is 0 Å². The summed E-state index contributed by atoms with van der Waals surface area (Å²) in [5, 5.41) is 8.60. The number of thiophene rings is 1. The van der Waals surface area contributed by atoms with E-state index in [1.165, 1.54) is 5.56 Å². The van der Waals surface area contributed by atoms with Crippen molar-refractivity contribution in [2.45, 2.75) is 32.8 Å². The van der Waals surface area contributed by atoms with Gasteiger partial charge in [0.05, 0.1) is 5.39 Å². The van der Waals surface area contributed by atoms with Crippen molar-refractivity contribution in [2.75, 3.05) is 18.4 Å². The fraction of sp³-hybridized carbons (Fsp3) is 0.269. The highest BCUT2D eigenvalue weighted by Gasteiger charge is 2.24. The van der Waals surface area contributed by atoms with Gasteiger partial charge < -0.3 is 19.9 Å². The van der Waals surface area contributed by atoms with Crippen LogP contribution >= 0.6 is 11.3 Å². The van der Waals surface area contributed by atoms with Crippen LogP contribution in [0.5, 0.6) is 0 Å². The van der Waals surface area contributed by atoms with E-state index >= 15 is 0 Å². The molecule has 5 rings (SSSR count). The van der Waals surface area contributed by atoms with Gasteiger partial charge in [-0.05, 0) is 78.9 Å². The smallest absolute Gasteiger partial charge is 0.410 e. The van der Waals surface area contributed by atoms with E-state index in [0.29, 0.717) is 13.1 Å². The number of hydrogen-bond donors (Lipinski definition) is 2. The van der Waals surface area contributed by atoms with Gasteiger partial charge in [0, 0.05) is 24.5 Å². The number of aromatic nitrogens is 3. The zero-order chi connectivity index (χ0) is 23.7. The fourth-order valence-electron chi connectivity index (χ4n) is 3.96. The van der Waals surface area contributed by atoms with Gasteiger partial charge in [0.15, 0.2) is 0 Å². The van der Waals surface area contributed by atoms with Crippen molar-refractivity contribution in [3.8, 4) is 11.1 Å². The van der Waals surface area contributed by atoms with E-state index in [9.17, 15) is 4.79 Å². The third-order valence-electron chi connectivity index (χ3n) is 5.61. The molecule has 0 bridgehead atoms. The number of nitrogens with zero attached hydrogens (tertiary/aromatic N) is 3. The van der Waals surface area contributed by atoms with Crippen molar-refractivity contribution in [2.24, 2.45) is 0 Å². The van der Waals surface area contributed by atoms with Crippen LogP contribution in [-0.4, -0.2) is 44.6 Å². The van der Waals surface area contributed by atoms with E-state index in [0.717, 1.165) is 45.8 Å². The lowest BCUT2D eigenvalue weighted by Gasteiger charge is -2.29. The molecule has 8 heteroatoms. The maximum absolute atomic E-state index is 12.4. The second-order valence-electron chi connectivity index (χ2n) is 9.29. The zero-order valence-electron chi connectivity index (χ0n) is 19.5. The first-order chi connectivity index (χ1) is 16.4. The molecule has 1 aromatic carbocycles. The fourth-order valence-corrected chi connectivity index (χ4v) is 4.63. The number of nitrogens with one attached hydrogen (secondary N) is 2. The molecule has 0 radical (unpaired) electrons. The highest BCUT2D eigenvalue weighted by molar-refractivity contribution is 7.08. The summed E-state index contributed by atoms with van der Waals surface area (Å²) in [6.07, 6.45) is 4.10. The molecule has 1 aliphatic heterocycles. The average molecular weight is 474 g/mol. The van der Waals surface area contributed by atoms with Gasteiger partial charge in [-0.25, -0.2) is 14.8 Å². The van der Waals surface area contributed by atoms with Crippen LogP contribution in [0.3, 0.4) is 0 Å². The van der Waals surface area contributed by atoms with Crippen LogP contribution in [0.25, 0.3) is 27.7 Å². The van der Waals surface area contributed by atoms with Gasteiger partial charge in [0.25, 0.3) is 0 Å². The van der Waals surface area contributed by atoms with Gasteiger partial charge in [-0.1, -0.05) is 18.2 Å². The molecule has 2 N–H and O–H groups in total. The molecule has 0 atom stereocenters. The first-order valence-corrected chi connectivity index (χ1v) is 12.2. The maximum Gasteiger partial charge on any atom is 0.410 e. The van der Waals surface area contributed by atoms with Crippen LogP contribution in [0.15, 0.2) is 59.6 Å². The molecular weight excluding hydrogens is 446 g/mol. The number of aromatic amines is 1. The Hall–Kier alpha value is -3.65. The normalized spacial score (nSPS) is 14.2. The number of hydrogen-bond acceptors (Lipinski definition) is 6. The van der Waals surface area contributed by atoms with E-state index in [4.69, 9.17) is 4.74 Å². The van der Waals surface area contributed by atoms with E-state index in [1.54, 1.807) is 22.6 Å². The first kappa shape index (κ1) is 22.2. The zero-order valence-corrected chi connectivity index (χ0v) is 20.3. The van der Waals surface area contributed by atoms with Crippen molar-refractivity contribution < 1.29 is 9.53 Å². The average Bonchev–Trinajstić information content (AvgIpc) is 3.49. The van der Waals surface area contributed by atoms with Crippen LogP contribution in [0.4, 0.5) is 16.3 Å². The Morgan fingerprint density at radius 2 is 2.06 bits per heavy atom. The van der Waals surface area contributed by atoms with Crippen molar-refractivity contribution in [3.63, 3.8) is 0 Å². The molecule has 34 heavy (non-hydrogen) atoms. The van der Waals surface area contributed by atoms with E-state index < -0.39 is 5.60 Å². The van der Waals surface area contributed by atoms with Gasteiger partial charge in [0.1, 0.15) is 23.4 Å². The number of carbonyl (C=O) groups excluding carboxylic acids is 1. The Morgan fingerprint density at radius 1 is 1.18 bits per heavy atom. The number of fused-ring (bicyclic) bond motifs is 1.